The predicted octanol–water partition coefficient (Wildman–Crippen LogP) is 4.89. The van der Waals surface area contributed by atoms with Crippen molar-refractivity contribution in [2.24, 2.45) is 5.92 Å². The standard InChI is InChI=1S/C26H28N2O5S2/c1-32-23-15-14-21(17-24(23)33-2)35(30,31)28-16-8-9-19(18-28)26(29)27-22-12-6-7-13-25(22)34-20-10-4-3-5-11-20/h3-7,10-15,17,19H,8-9,16,18H2,1-2H3,(H,27,29)/t19-/m1/s1. The van der Waals surface area contributed by atoms with E-state index >= 15 is 0 Å². The second-order valence-corrected chi connectivity index (χ2v) is 11.2. The molecule has 1 aliphatic heterocycles. The molecule has 7 nitrogen and oxygen atoms in total. The molecule has 1 fully saturated rings. The molecule has 1 saturated heterocycles. The summed E-state index contributed by atoms with van der Waals surface area (Å²) < 4.78 is 38.5. The van der Waals surface area contributed by atoms with E-state index in [0.717, 1.165) is 9.79 Å². The van der Waals surface area contributed by atoms with Crippen molar-refractivity contribution >= 4 is 33.4 Å². The first kappa shape index (κ1) is 25.1. The number of sulfonamides is 1. The molecule has 184 valence electrons. The lowest BCUT2D eigenvalue weighted by Gasteiger charge is -2.31. The van der Waals surface area contributed by atoms with Gasteiger partial charge in [-0.1, -0.05) is 42.1 Å². The number of nitrogens with zero attached hydrogens (tertiary/aromatic N) is 1. The number of rotatable bonds is 8. The number of carbonyl (C=O) groups excluding carboxylic acids is 1. The van der Waals surface area contributed by atoms with E-state index in [9.17, 15) is 13.2 Å². The van der Waals surface area contributed by atoms with Crippen LogP contribution in [0.2, 0.25) is 0 Å². The third kappa shape index (κ3) is 5.80. The second-order valence-electron chi connectivity index (χ2n) is 8.12. The fourth-order valence-electron chi connectivity index (χ4n) is 4.01. The van der Waals surface area contributed by atoms with Crippen molar-refractivity contribution in [2.75, 3.05) is 32.6 Å². The Morgan fingerprint density at radius 2 is 1.69 bits per heavy atom. The summed E-state index contributed by atoms with van der Waals surface area (Å²) in [6.07, 6.45) is 1.23. The summed E-state index contributed by atoms with van der Waals surface area (Å²) in [5.74, 6) is 0.161. The average Bonchev–Trinajstić information content (AvgIpc) is 2.90. The molecule has 9 heteroatoms. The van der Waals surface area contributed by atoms with Crippen LogP contribution in [-0.2, 0) is 14.8 Å². The fraction of sp³-hybridized carbons (Fsp3) is 0.269. The summed E-state index contributed by atoms with van der Waals surface area (Å²) in [5.41, 5.74) is 0.714. The van der Waals surface area contributed by atoms with Crippen molar-refractivity contribution in [1.29, 1.82) is 0 Å². The maximum Gasteiger partial charge on any atom is 0.243 e. The highest BCUT2D eigenvalue weighted by molar-refractivity contribution is 7.99. The number of ether oxygens (including phenoxy) is 2. The molecule has 3 aromatic rings. The van der Waals surface area contributed by atoms with Gasteiger partial charge in [0.25, 0.3) is 0 Å². The van der Waals surface area contributed by atoms with E-state index < -0.39 is 15.9 Å². The zero-order valence-electron chi connectivity index (χ0n) is 19.6. The van der Waals surface area contributed by atoms with Crippen LogP contribution in [0.1, 0.15) is 12.8 Å². The zero-order valence-corrected chi connectivity index (χ0v) is 21.3. The number of carbonyl (C=O) groups is 1. The smallest absolute Gasteiger partial charge is 0.243 e. The minimum absolute atomic E-state index is 0.112. The van der Waals surface area contributed by atoms with E-state index in [1.54, 1.807) is 17.8 Å². The van der Waals surface area contributed by atoms with E-state index in [0.29, 0.717) is 36.6 Å². The van der Waals surface area contributed by atoms with Gasteiger partial charge in [0.2, 0.25) is 15.9 Å². The van der Waals surface area contributed by atoms with Crippen LogP contribution in [0.5, 0.6) is 11.5 Å². The number of hydrogen-bond donors (Lipinski definition) is 1. The van der Waals surface area contributed by atoms with Crippen molar-refractivity contribution in [1.82, 2.24) is 4.31 Å². The van der Waals surface area contributed by atoms with Gasteiger partial charge < -0.3 is 14.8 Å². The summed E-state index contributed by atoms with van der Waals surface area (Å²) in [4.78, 5) is 15.3. The van der Waals surface area contributed by atoms with Gasteiger partial charge in [-0.15, -0.1) is 0 Å². The van der Waals surface area contributed by atoms with Gasteiger partial charge in [0.15, 0.2) is 11.5 Å². The molecule has 0 spiro atoms. The summed E-state index contributed by atoms with van der Waals surface area (Å²) in [7, 11) is -0.836. The Hall–Kier alpha value is -3.01. The first-order valence-corrected chi connectivity index (χ1v) is 13.5. The number of para-hydroxylation sites is 1. The molecule has 0 saturated carbocycles. The third-order valence-electron chi connectivity index (χ3n) is 5.86. The van der Waals surface area contributed by atoms with Gasteiger partial charge in [0.1, 0.15) is 0 Å². The minimum Gasteiger partial charge on any atom is -0.493 e. The SMILES string of the molecule is COc1ccc(S(=O)(=O)N2CCC[C@@H](C(=O)Nc3ccccc3Sc3ccccc3)C2)cc1OC. The Labute approximate surface area is 210 Å². The van der Waals surface area contributed by atoms with Crippen LogP contribution in [0.25, 0.3) is 0 Å². The van der Waals surface area contributed by atoms with Crippen LogP contribution < -0.4 is 14.8 Å². The number of methoxy groups -OCH3 is 2. The number of benzene rings is 3. The molecule has 0 aliphatic carbocycles. The third-order valence-corrected chi connectivity index (χ3v) is 8.81. The predicted molar refractivity (Wildman–Crippen MR) is 137 cm³/mol. The molecule has 1 N–H and O–H groups in total. The van der Waals surface area contributed by atoms with Crippen LogP contribution >= 0.6 is 11.8 Å². The second kappa shape index (κ2) is 11.2. The summed E-state index contributed by atoms with van der Waals surface area (Å²) in [6.45, 7) is 0.484. The number of piperidine rings is 1. The molecule has 35 heavy (non-hydrogen) atoms. The first-order valence-electron chi connectivity index (χ1n) is 11.3. The lowest BCUT2D eigenvalue weighted by molar-refractivity contribution is -0.120. The van der Waals surface area contributed by atoms with Crippen LogP contribution in [0, 0.1) is 5.92 Å². The molecule has 0 radical (unpaired) electrons. The maximum absolute atomic E-state index is 13.3. The molecule has 1 aliphatic rings. The Balaban J connectivity index is 1.48. The van der Waals surface area contributed by atoms with Gasteiger partial charge >= 0.3 is 0 Å². The van der Waals surface area contributed by atoms with Gasteiger partial charge in [-0.3, -0.25) is 4.79 Å². The highest BCUT2D eigenvalue weighted by atomic mass is 32.2. The summed E-state index contributed by atoms with van der Waals surface area (Å²) in [6, 6.07) is 22.1. The fourth-order valence-corrected chi connectivity index (χ4v) is 6.47. The molecule has 4 rings (SSSR count). The summed E-state index contributed by atoms with van der Waals surface area (Å²) in [5, 5.41) is 3.03. The van der Waals surface area contributed by atoms with Crippen molar-refractivity contribution < 1.29 is 22.7 Å². The Morgan fingerprint density at radius 1 is 0.971 bits per heavy atom. The number of nitrogens with one attached hydrogen (secondary N) is 1. The Morgan fingerprint density at radius 3 is 2.43 bits per heavy atom. The van der Waals surface area contributed by atoms with Crippen molar-refractivity contribution in [3.63, 3.8) is 0 Å². The lowest BCUT2D eigenvalue weighted by atomic mass is 9.99. The monoisotopic (exact) mass is 512 g/mol. The molecule has 0 unspecified atom stereocenters. The number of anilines is 1. The van der Waals surface area contributed by atoms with E-state index in [2.05, 4.69) is 5.32 Å². The van der Waals surface area contributed by atoms with Gasteiger partial charge in [-0.05, 0) is 49.2 Å². The summed E-state index contributed by atoms with van der Waals surface area (Å²) >= 11 is 1.57. The quantitative estimate of drug-likeness (QED) is 0.462. The first-order chi connectivity index (χ1) is 16.9. The number of hydrogen-bond acceptors (Lipinski definition) is 6. The van der Waals surface area contributed by atoms with Crippen molar-refractivity contribution in [2.45, 2.75) is 27.5 Å². The van der Waals surface area contributed by atoms with E-state index in [1.165, 1.54) is 30.7 Å². The highest BCUT2D eigenvalue weighted by Crippen LogP contribution is 2.35. The Bertz CT molecular complexity index is 1280. The molecule has 0 aromatic heterocycles. The molecule has 3 aromatic carbocycles. The molecule has 1 heterocycles. The van der Waals surface area contributed by atoms with Crippen LogP contribution in [0.3, 0.4) is 0 Å². The Kier molecular flexibility index (Phi) is 8.00. The highest BCUT2D eigenvalue weighted by Gasteiger charge is 2.34. The van der Waals surface area contributed by atoms with Gasteiger partial charge in [0.05, 0.1) is 30.7 Å². The topological polar surface area (TPSA) is 84.9 Å². The zero-order chi connectivity index (χ0) is 24.8. The van der Waals surface area contributed by atoms with Crippen LogP contribution in [0.4, 0.5) is 5.69 Å². The average molecular weight is 513 g/mol. The van der Waals surface area contributed by atoms with Crippen molar-refractivity contribution in [3.05, 3.63) is 72.8 Å². The van der Waals surface area contributed by atoms with E-state index in [-0.39, 0.29) is 17.3 Å². The molecule has 0 bridgehead atoms. The van der Waals surface area contributed by atoms with E-state index in [4.69, 9.17) is 9.47 Å². The normalized spacial score (nSPS) is 16.5. The van der Waals surface area contributed by atoms with Crippen LogP contribution in [0.15, 0.2) is 87.5 Å². The van der Waals surface area contributed by atoms with Crippen LogP contribution in [-0.4, -0.2) is 45.9 Å². The molecule has 1 atom stereocenters. The number of amides is 1. The van der Waals surface area contributed by atoms with Gasteiger partial charge in [0, 0.05) is 28.9 Å². The van der Waals surface area contributed by atoms with Crippen molar-refractivity contribution in [3.8, 4) is 11.5 Å². The lowest BCUT2D eigenvalue weighted by Crippen LogP contribution is -2.43. The van der Waals surface area contributed by atoms with E-state index in [1.807, 2.05) is 54.6 Å². The van der Waals surface area contributed by atoms with Gasteiger partial charge in [-0.2, -0.15) is 4.31 Å². The largest absolute Gasteiger partial charge is 0.493 e. The molecule has 1 amide bonds. The molecular formula is C26H28N2O5S2. The minimum atomic E-state index is -3.79. The molecular weight excluding hydrogens is 484 g/mol. The maximum atomic E-state index is 13.3. The van der Waals surface area contributed by atoms with Gasteiger partial charge in [-0.25, -0.2) is 8.42 Å².